The van der Waals surface area contributed by atoms with Gasteiger partial charge in [-0.1, -0.05) is 13.8 Å². The van der Waals surface area contributed by atoms with Crippen LogP contribution in [0.3, 0.4) is 0 Å². The van der Waals surface area contributed by atoms with Crippen LogP contribution in [0.2, 0.25) is 0 Å². The normalized spacial score (nSPS) is 18.0. The van der Waals surface area contributed by atoms with Crippen molar-refractivity contribution in [2.45, 2.75) is 46.7 Å². The fraction of sp³-hybridized carbons (Fsp3) is 0.750. The molecule has 1 aliphatic heterocycles. The summed E-state index contributed by atoms with van der Waals surface area (Å²) >= 11 is 0. The van der Waals surface area contributed by atoms with Crippen LogP contribution in [0.4, 0.5) is 0 Å². The highest BCUT2D eigenvalue weighted by Crippen LogP contribution is 2.13. The van der Waals surface area contributed by atoms with E-state index in [0.29, 0.717) is 12.5 Å². The van der Waals surface area contributed by atoms with Crippen LogP contribution in [0.15, 0.2) is 4.42 Å². The smallest absolute Gasteiger partial charge is 0.239 e. The minimum atomic E-state index is -0.372. The van der Waals surface area contributed by atoms with Crippen molar-refractivity contribution in [3.63, 3.8) is 0 Å². The Hall–Kier alpha value is -1.40. The molecule has 1 fully saturated rings. The van der Waals surface area contributed by atoms with Crippen molar-refractivity contribution in [1.82, 2.24) is 14.8 Å². The first kappa shape index (κ1) is 17.0. The molecular formula is C16H28N4O2. The Labute approximate surface area is 132 Å². The molecule has 1 atom stereocenters. The predicted molar refractivity (Wildman–Crippen MR) is 85.3 cm³/mol. The van der Waals surface area contributed by atoms with Crippen LogP contribution in [0.1, 0.15) is 37.6 Å². The zero-order chi connectivity index (χ0) is 16.3. The Morgan fingerprint density at radius 2 is 1.91 bits per heavy atom. The number of aryl methyl sites for hydroxylation is 2. The number of aromatic nitrogens is 1. The molecule has 1 aromatic rings. The second-order valence-corrected chi connectivity index (χ2v) is 6.59. The molecule has 1 saturated heterocycles. The Bertz CT molecular complexity index is 485. The molecule has 0 unspecified atom stereocenters. The molecule has 1 aromatic heterocycles. The molecule has 2 rings (SSSR count). The number of amides is 1. The predicted octanol–water partition coefficient (Wildman–Crippen LogP) is 1.31. The summed E-state index contributed by atoms with van der Waals surface area (Å²) in [4.78, 5) is 20.9. The van der Waals surface area contributed by atoms with Gasteiger partial charge in [-0.05, 0) is 26.2 Å². The Morgan fingerprint density at radius 3 is 2.41 bits per heavy atom. The van der Waals surface area contributed by atoms with Gasteiger partial charge in [0.2, 0.25) is 11.8 Å². The zero-order valence-electron chi connectivity index (χ0n) is 14.1. The van der Waals surface area contributed by atoms with Crippen molar-refractivity contribution in [2.24, 2.45) is 11.7 Å². The summed E-state index contributed by atoms with van der Waals surface area (Å²) < 4.78 is 5.62. The first-order chi connectivity index (χ1) is 10.4. The van der Waals surface area contributed by atoms with E-state index in [9.17, 15) is 4.79 Å². The molecule has 0 radical (unpaired) electrons. The molecule has 0 bridgehead atoms. The highest BCUT2D eigenvalue weighted by molar-refractivity contribution is 5.81. The molecule has 22 heavy (non-hydrogen) atoms. The zero-order valence-corrected chi connectivity index (χ0v) is 14.1. The number of hydrogen-bond acceptors (Lipinski definition) is 5. The summed E-state index contributed by atoms with van der Waals surface area (Å²) in [5.41, 5.74) is 6.94. The van der Waals surface area contributed by atoms with Crippen LogP contribution < -0.4 is 5.73 Å². The maximum absolute atomic E-state index is 12.3. The topological polar surface area (TPSA) is 75.6 Å². The molecule has 2 N–H and O–H groups in total. The van der Waals surface area contributed by atoms with Crippen LogP contribution in [0, 0.1) is 19.8 Å². The highest BCUT2D eigenvalue weighted by Gasteiger charge is 2.26. The fourth-order valence-electron chi connectivity index (χ4n) is 2.77. The van der Waals surface area contributed by atoms with E-state index in [1.165, 1.54) is 0 Å². The SMILES string of the molecule is Cc1nc(CN2CCN(C(=O)[C@@H](N)CC(C)C)CC2)oc1C. The van der Waals surface area contributed by atoms with E-state index in [1.54, 1.807) is 0 Å². The van der Waals surface area contributed by atoms with Crippen LogP contribution in [-0.2, 0) is 11.3 Å². The van der Waals surface area contributed by atoms with Crippen molar-refractivity contribution >= 4 is 5.91 Å². The van der Waals surface area contributed by atoms with Crippen LogP contribution in [-0.4, -0.2) is 52.9 Å². The Morgan fingerprint density at radius 1 is 1.27 bits per heavy atom. The molecule has 1 amide bonds. The summed E-state index contributed by atoms with van der Waals surface area (Å²) in [6, 6.07) is -0.372. The van der Waals surface area contributed by atoms with Gasteiger partial charge in [-0.25, -0.2) is 4.98 Å². The standard InChI is InChI=1S/C16H28N4O2/c1-11(2)9-14(17)16(21)20-7-5-19(6-8-20)10-15-18-12(3)13(4)22-15/h11,14H,5-10,17H2,1-4H3/t14-/m0/s1. The monoisotopic (exact) mass is 308 g/mol. The molecular weight excluding hydrogens is 280 g/mol. The van der Waals surface area contributed by atoms with Gasteiger partial charge in [-0.2, -0.15) is 0 Å². The van der Waals surface area contributed by atoms with Crippen molar-refractivity contribution in [1.29, 1.82) is 0 Å². The van der Waals surface area contributed by atoms with E-state index >= 15 is 0 Å². The molecule has 6 nitrogen and oxygen atoms in total. The van der Waals surface area contributed by atoms with Gasteiger partial charge in [0.25, 0.3) is 0 Å². The van der Waals surface area contributed by atoms with Gasteiger partial charge >= 0.3 is 0 Å². The number of oxazole rings is 1. The van der Waals surface area contributed by atoms with Gasteiger partial charge < -0.3 is 15.1 Å². The first-order valence-corrected chi connectivity index (χ1v) is 8.06. The third kappa shape index (κ3) is 4.30. The summed E-state index contributed by atoms with van der Waals surface area (Å²) in [5, 5.41) is 0. The van der Waals surface area contributed by atoms with Crippen LogP contribution in [0.5, 0.6) is 0 Å². The summed E-state index contributed by atoms with van der Waals surface area (Å²) in [5.74, 6) is 2.16. The van der Waals surface area contributed by atoms with Crippen molar-refractivity contribution < 1.29 is 9.21 Å². The number of carbonyl (C=O) groups is 1. The third-order valence-corrected chi connectivity index (χ3v) is 4.16. The highest BCUT2D eigenvalue weighted by atomic mass is 16.4. The molecule has 0 spiro atoms. The van der Waals surface area contributed by atoms with Crippen LogP contribution >= 0.6 is 0 Å². The molecule has 6 heteroatoms. The van der Waals surface area contributed by atoms with E-state index < -0.39 is 0 Å². The summed E-state index contributed by atoms with van der Waals surface area (Å²) in [6.07, 6.45) is 0.744. The third-order valence-electron chi connectivity index (χ3n) is 4.16. The van der Waals surface area contributed by atoms with E-state index in [4.69, 9.17) is 10.2 Å². The van der Waals surface area contributed by atoms with Gasteiger partial charge in [0, 0.05) is 26.2 Å². The largest absolute Gasteiger partial charge is 0.444 e. The van der Waals surface area contributed by atoms with Gasteiger partial charge in [0.1, 0.15) is 5.76 Å². The van der Waals surface area contributed by atoms with E-state index in [-0.39, 0.29) is 11.9 Å². The fourth-order valence-corrected chi connectivity index (χ4v) is 2.77. The van der Waals surface area contributed by atoms with E-state index in [2.05, 4.69) is 23.7 Å². The second-order valence-electron chi connectivity index (χ2n) is 6.59. The number of hydrogen-bond donors (Lipinski definition) is 1. The maximum Gasteiger partial charge on any atom is 0.239 e. The van der Waals surface area contributed by atoms with Gasteiger partial charge in [0.05, 0.1) is 18.3 Å². The molecule has 2 heterocycles. The van der Waals surface area contributed by atoms with Gasteiger partial charge in [-0.15, -0.1) is 0 Å². The number of carbonyl (C=O) groups excluding carboxylic acids is 1. The first-order valence-electron chi connectivity index (χ1n) is 8.06. The van der Waals surface area contributed by atoms with Crippen LogP contribution in [0.25, 0.3) is 0 Å². The van der Waals surface area contributed by atoms with Crippen molar-refractivity contribution in [3.05, 3.63) is 17.3 Å². The minimum absolute atomic E-state index is 0.0798. The second kappa shape index (κ2) is 7.24. The quantitative estimate of drug-likeness (QED) is 0.887. The minimum Gasteiger partial charge on any atom is -0.444 e. The van der Waals surface area contributed by atoms with E-state index in [0.717, 1.165) is 49.9 Å². The molecule has 1 aliphatic rings. The molecule has 0 aromatic carbocycles. The number of nitrogens with two attached hydrogens (primary N) is 1. The lowest BCUT2D eigenvalue weighted by atomic mass is 10.0. The number of nitrogens with zero attached hydrogens (tertiary/aromatic N) is 3. The number of rotatable bonds is 5. The average molecular weight is 308 g/mol. The molecule has 0 saturated carbocycles. The van der Waals surface area contributed by atoms with Gasteiger partial charge in [-0.3, -0.25) is 9.69 Å². The van der Waals surface area contributed by atoms with Gasteiger partial charge in [0.15, 0.2) is 0 Å². The maximum atomic E-state index is 12.3. The lowest BCUT2D eigenvalue weighted by Crippen LogP contribution is -2.53. The summed E-state index contributed by atoms with van der Waals surface area (Å²) in [7, 11) is 0. The lowest BCUT2D eigenvalue weighted by molar-refractivity contribution is -0.134. The average Bonchev–Trinajstić information content (AvgIpc) is 2.76. The Balaban J connectivity index is 1.81. The lowest BCUT2D eigenvalue weighted by Gasteiger charge is -2.35. The Kier molecular flexibility index (Phi) is 5.58. The van der Waals surface area contributed by atoms with Crippen molar-refractivity contribution in [3.8, 4) is 0 Å². The summed E-state index contributed by atoms with van der Waals surface area (Å²) in [6.45, 7) is 11.9. The van der Waals surface area contributed by atoms with E-state index in [1.807, 2.05) is 18.7 Å². The van der Waals surface area contributed by atoms with Crippen molar-refractivity contribution in [2.75, 3.05) is 26.2 Å². The molecule has 124 valence electrons. The molecule has 0 aliphatic carbocycles. The number of piperazine rings is 1.